The summed E-state index contributed by atoms with van der Waals surface area (Å²) >= 11 is 1.24. The van der Waals surface area contributed by atoms with E-state index in [0.717, 1.165) is 37.2 Å². The molecule has 0 aliphatic carbocycles. The van der Waals surface area contributed by atoms with Crippen molar-refractivity contribution in [3.63, 3.8) is 0 Å². The molecule has 2 unspecified atom stereocenters. The standard InChI is InChI=1S/C23H27FN6OS/c1-12(8-27-22(31)21-19(25)20-23(32-21)28-13(2)9-26-20)14-3-6-18(17(24)7-14)30-10-15-4-5-16(11-30)29-15/h3,6-7,9,12,15-16,29H,4-5,8,10-11,25H2,1-2H3,(H,27,31)/t12-,15?,16?/m0/s1. The summed E-state index contributed by atoms with van der Waals surface area (Å²) in [4.78, 5) is 24.6. The van der Waals surface area contributed by atoms with Crippen LogP contribution in [-0.2, 0) is 0 Å². The molecule has 2 bridgehead atoms. The molecular weight excluding hydrogens is 427 g/mol. The van der Waals surface area contributed by atoms with Gasteiger partial charge in [-0.25, -0.2) is 14.4 Å². The number of nitrogen functional groups attached to an aromatic ring is 1. The molecule has 2 saturated heterocycles. The number of halogens is 1. The van der Waals surface area contributed by atoms with Crippen molar-refractivity contribution in [3.05, 3.63) is 46.3 Å². The molecule has 0 spiro atoms. The number of carbonyl (C=O) groups excluding carboxylic acids is 1. The average Bonchev–Trinajstić information content (AvgIpc) is 3.29. The number of amides is 1. The van der Waals surface area contributed by atoms with Gasteiger partial charge in [0.2, 0.25) is 0 Å². The van der Waals surface area contributed by atoms with Crippen molar-refractivity contribution >= 4 is 39.0 Å². The highest BCUT2D eigenvalue weighted by molar-refractivity contribution is 7.21. The first kappa shape index (κ1) is 21.1. The zero-order valence-electron chi connectivity index (χ0n) is 18.2. The van der Waals surface area contributed by atoms with Gasteiger partial charge in [-0.3, -0.25) is 4.79 Å². The Morgan fingerprint density at radius 3 is 2.84 bits per heavy atom. The fourth-order valence-corrected chi connectivity index (χ4v) is 5.68. The Kier molecular flexibility index (Phi) is 5.46. The van der Waals surface area contributed by atoms with Gasteiger partial charge in [-0.1, -0.05) is 13.0 Å². The quantitative estimate of drug-likeness (QED) is 0.548. The normalized spacial score (nSPS) is 21.2. The highest BCUT2D eigenvalue weighted by atomic mass is 32.1. The molecule has 3 aromatic rings. The third-order valence-corrected chi connectivity index (χ3v) is 7.52. The topological polar surface area (TPSA) is 96.2 Å². The first-order valence-corrected chi connectivity index (χ1v) is 11.8. The Morgan fingerprint density at radius 1 is 1.38 bits per heavy atom. The number of fused-ring (bicyclic) bond motifs is 3. The van der Waals surface area contributed by atoms with E-state index < -0.39 is 0 Å². The number of thiophene rings is 1. The molecule has 0 radical (unpaired) electrons. The summed E-state index contributed by atoms with van der Waals surface area (Å²) in [5, 5.41) is 6.50. The molecule has 2 aliphatic heterocycles. The van der Waals surface area contributed by atoms with Gasteiger partial charge in [0.25, 0.3) is 5.91 Å². The van der Waals surface area contributed by atoms with Crippen LogP contribution in [0.1, 0.15) is 46.6 Å². The van der Waals surface area contributed by atoms with Gasteiger partial charge in [-0.2, -0.15) is 0 Å². The molecule has 9 heteroatoms. The fraction of sp³-hybridized carbons (Fsp3) is 0.435. The van der Waals surface area contributed by atoms with Gasteiger partial charge >= 0.3 is 0 Å². The van der Waals surface area contributed by atoms with Gasteiger partial charge in [0.1, 0.15) is 21.0 Å². The number of carbonyl (C=O) groups is 1. The average molecular weight is 455 g/mol. The Balaban J connectivity index is 1.25. The molecule has 5 rings (SSSR count). The van der Waals surface area contributed by atoms with Crippen LogP contribution in [0.25, 0.3) is 10.3 Å². The molecule has 2 aromatic heterocycles. The van der Waals surface area contributed by atoms with Crippen molar-refractivity contribution in [1.29, 1.82) is 0 Å². The van der Waals surface area contributed by atoms with E-state index in [4.69, 9.17) is 5.73 Å². The molecule has 0 saturated carbocycles. The van der Waals surface area contributed by atoms with Crippen LogP contribution >= 0.6 is 11.3 Å². The third kappa shape index (κ3) is 3.91. The van der Waals surface area contributed by atoms with E-state index in [1.54, 1.807) is 12.3 Å². The second-order valence-electron chi connectivity index (χ2n) is 8.87. The lowest BCUT2D eigenvalue weighted by Gasteiger charge is -2.35. The van der Waals surface area contributed by atoms with Crippen LogP contribution in [-0.4, -0.2) is 47.6 Å². The minimum Gasteiger partial charge on any atom is -0.396 e. The highest BCUT2D eigenvalue weighted by Gasteiger charge is 2.33. The molecule has 2 aliphatic rings. The van der Waals surface area contributed by atoms with Crippen LogP contribution in [0.4, 0.5) is 15.8 Å². The van der Waals surface area contributed by atoms with E-state index in [1.165, 1.54) is 11.3 Å². The van der Waals surface area contributed by atoms with Crippen LogP contribution in [0.2, 0.25) is 0 Å². The number of nitrogens with two attached hydrogens (primary N) is 1. The van der Waals surface area contributed by atoms with E-state index in [0.29, 0.717) is 45.2 Å². The summed E-state index contributed by atoms with van der Waals surface area (Å²) in [5.74, 6) is -0.510. The number of nitrogens with one attached hydrogen (secondary N) is 2. The zero-order chi connectivity index (χ0) is 22.4. The third-order valence-electron chi connectivity index (χ3n) is 6.43. The Bertz CT molecular complexity index is 1170. The lowest BCUT2D eigenvalue weighted by atomic mass is 10.00. The van der Waals surface area contributed by atoms with Crippen LogP contribution < -0.4 is 21.3 Å². The number of piperazine rings is 1. The number of hydrogen-bond donors (Lipinski definition) is 3. The van der Waals surface area contributed by atoms with E-state index in [1.807, 2.05) is 26.0 Å². The minimum absolute atomic E-state index is 0.0456. The summed E-state index contributed by atoms with van der Waals surface area (Å²) in [6, 6.07) is 6.34. The molecule has 3 atom stereocenters. The van der Waals surface area contributed by atoms with Crippen molar-refractivity contribution < 1.29 is 9.18 Å². The van der Waals surface area contributed by atoms with Crippen molar-refractivity contribution in [3.8, 4) is 0 Å². The molecule has 168 valence electrons. The van der Waals surface area contributed by atoms with Crippen molar-refractivity contribution in [1.82, 2.24) is 20.6 Å². The van der Waals surface area contributed by atoms with E-state index in [-0.39, 0.29) is 17.6 Å². The number of aromatic nitrogens is 2. The predicted octanol–water partition coefficient (Wildman–Crippen LogP) is 3.20. The summed E-state index contributed by atoms with van der Waals surface area (Å²) in [6.07, 6.45) is 3.96. The van der Waals surface area contributed by atoms with Gasteiger partial charge in [-0.05, 0) is 43.4 Å². The second kappa shape index (κ2) is 8.29. The fourth-order valence-electron chi connectivity index (χ4n) is 4.66. The molecular formula is C23H27FN6OS. The summed E-state index contributed by atoms with van der Waals surface area (Å²) in [6.45, 7) is 5.89. The van der Waals surface area contributed by atoms with Crippen molar-refractivity contribution in [2.45, 2.75) is 44.7 Å². The van der Waals surface area contributed by atoms with Gasteiger partial charge in [-0.15, -0.1) is 11.3 Å². The van der Waals surface area contributed by atoms with Crippen LogP contribution in [0.5, 0.6) is 0 Å². The molecule has 1 amide bonds. The summed E-state index contributed by atoms with van der Waals surface area (Å²) in [7, 11) is 0. The van der Waals surface area contributed by atoms with Crippen LogP contribution in [0, 0.1) is 12.7 Å². The summed E-state index contributed by atoms with van der Waals surface area (Å²) < 4.78 is 15.0. The maximum Gasteiger partial charge on any atom is 0.263 e. The number of aryl methyl sites for hydroxylation is 1. The van der Waals surface area contributed by atoms with E-state index in [9.17, 15) is 9.18 Å². The number of hydrogen-bond acceptors (Lipinski definition) is 7. The summed E-state index contributed by atoms with van der Waals surface area (Å²) in [5.41, 5.74) is 9.33. The zero-order valence-corrected chi connectivity index (χ0v) is 19.0. The van der Waals surface area contributed by atoms with Crippen LogP contribution in [0.3, 0.4) is 0 Å². The van der Waals surface area contributed by atoms with Crippen molar-refractivity contribution in [2.24, 2.45) is 0 Å². The predicted molar refractivity (Wildman–Crippen MR) is 126 cm³/mol. The Labute approximate surface area is 190 Å². The van der Waals surface area contributed by atoms with Crippen molar-refractivity contribution in [2.75, 3.05) is 30.3 Å². The SMILES string of the molecule is Cc1cnc2c(N)c(C(=O)NC[C@H](C)c3ccc(N4CC5CCC(C4)N5)c(F)c3)sc2n1. The monoisotopic (exact) mass is 454 g/mol. The largest absolute Gasteiger partial charge is 0.396 e. The van der Waals surface area contributed by atoms with E-state index in [2.05, 4.69) is 25.5 Å². The van der Waals surface area contributed by atoms with Gasteiger partial charge in [0.05, 0.1) is 17.1 Å². The number of anilines is 2. The smallest absolute Gasteiger partial charge is 0.263 e. The van der Waals surface area contributed by atoms with Gasteiger partial charge < -0.3 is 21.3 Å². The maximum atomic E-state index is 15.0. The lowest BCUT2D eigenvalue weighted by Crippen LogP contribution is -2.51. The first-order valence-electron chi connectivity index (χ1n) is 11.0. The molecule has 7 nitrogen and oxygen atoms in total. The molecule has 32 heavy (non-hydrogen) atoms. The number of benzene rings is 1. The lowest BCUT2D eigenvalue weighted by molar-refractivity contribution is 0.0956. The maximum absolute atomic E-state index is 15.0. The van der Waals surface area contributed by atoms with E-state index >= 15 is 0 Å². The Morgan fingerprint density at radius 2 is 2.12 bits per heavy atom. The molecule has 4 N–H and O–H groups in total. The van der Waals surface area contributed by atoms with Crippen LogP contribution in [0.15, 0.2) is 24.4 Å². The minimum atomic E-state index is -0.259. The highest BCUT2D eigenvalue weighted by Crippen LogP contribution is 2.32. The first-order chi connectivity index (χ1) is 15.4. The Hall–Kier alpha value is -2.78. The number of nitrogens with zero attached hydrogens (tertiary/aromatic N) is 3. The molecule has 2 fully saturated rings. The van der Waals surface area contributed by atoms with Gasteiger partial charge in [0, 0.05) is 37.9 Å². The van der Waals surface area contributed by atoms with Gasteiger partial charge in [0.15, 0.2) is 0 Å². The molecule has 1 aromatic carbocycles. The second-order valence-corrected chi connectivity index (χ2v) is 9.87. The number of rotatable bonds is 5. The molecule has 4 heterocycles.